The minimum atomic E-state index is -3.62. The molecule has 0 bridgehead atoms. The van der Waals surface area contributed by atoms with E-state index in [4.69, 9.17) is 9.15 Å². The van der Waals surface area contributed by atoms with Crippen molar-refractivity contribution in [2.75, 3.05) is 13.1 Å². The summed E-state index contributed by atoms with van der Waals surface area (Å²) in [4.78, 5) is 12.7. The largest absolute Gasteiger partial charge is 0.448 e. The maximum Gasteiger partial charge on any atom is 0.355 e. The summed E-state index contributed by atoms with van der Waals surface area (Å²) in [6.45, 7) is 2.61. The number of aromatic nitrogens is 3. The molecule has 0 radical (unpaired) electrons. The van der Waals surface area contributed by atoms with Gasteiger partial charge in [-0.15, -0.1) is 10.2 Å². The summed E-state index contributed by atoms with van der Waals surface area (Å²) in [7, 11) is -2.02. The maximum absolute atomic E-state index is 12.7. The highest BCUT2D eigenvalue weighted by Gasteiger charge is 2.30. The summed E-state index contributed by atoms with van der Waals surface area (Å²) in [5.41, 5.74) is 0.886. The van der Waals surface area contributed by atoms with E-state index in [-0.39, 0.29) is 16.5 Å². The monoisotopic (exact) mass is 430 g/mol. The maximum atomic E-state index is 12.7. The summed E-state index contributed by atoms with van der Waals surface area (Å²) >= 11 is 0. The van der Waals surface area contributed by atoms with E-state index in [0.717, 1.165) is 18.4 Å². The lowest BCUT2D eigenvalue weighted by Gasteiger charge is -2.13. The topological polar surface area (TPSA) is 108 Å². The number of rotatable bonds is 6. The van der Waals surface area contributed by atoms with Gasteiger partial charge in [-0.25, -0.2) is 13.2 Å². The van der Waals surface area contributed by atoms with Gasteiger partial charge < -0.3 is 13.7 Å². The average Bonchev–Trinajstić information content (AvgIpc) is 3.49. The molecule has 3 aromatic rings. The Morgan fingerprint density at radius 1 is 1.17 bits per heavy atom. The molecule has 1 saturated heterocycles. The molecular weight excluding hydrogens is 408 g/mol. The van der Waals surface area contributed by atoms with Gasteiger partial charge in [-0.3, -0.25) is 0 Å². The molecule has 158 valence electrons. The Morgan fingerprint density at radius 2 is 1.87 bits per heavy atom. The van der Waals surface area contributed by atoms with Crippen molar-refractivity contribution in [3.05, 3.63) is 54.2 Å². The quantitative estimate of drug-likeness (QED) is 0.553. The fourth-order valence-corrected chi connectivity index (χ4v) is 4.91. The van der Waals surface area contributed by atoms with E-state index in [1.54, 1.807) is 14.0 Å². The van der Waals surface area contributed by atoms with Gasteiger partial charge in [0.2, 0.25) is 15.9 Å². The Bertz CT molecular complexity index is 1150. The molecule has 9 nitrogen and oxygen atoms in total. The molecule has 1 aromatic carbocycles. The third-order valence-corrected chi connectivity index (χ3v) is 6.85. The third kappa shape index (κ3) is 3.88. The number of ether oxygens (including phenoxy) is 1. The minimum Gasteiger partial charge on any atom is -0.448 e. The fourth-order valence-electron chi connectivity index (χ4n) is 3.32. The standard InChI is InChI=1S/C20H22N4O5S/c1-14(18-21-22-19(29-18)15-8-4-3-5-9-15)28-20(25)17-12-16(13-23(17)2)30(26,27)24-10-6-7-11-24/h3-5,8-9,12-14H,6-7,10-11H2,1-2H3/t14-/m1/s1. The van der Waals surface area contributed by atoms with Gasteiger partial charge in [0.1, 0.15) is 10.6 Å². The summed E-state index contributed by atoms with van der Waals surface area (Å²) in [6, 6.07) is 10.6. The first kappa shape index (κ1) is 20.3. The van der Waals surface area contributed by atoms with Crippen molar-refractivity contribution in [2.24, 2.45) is 7.05 Å². The zero-order valence-corrected chi connectivity index (χ0v) is 17.5. The van der Waals surface area contributed by atoms with Gasteiger partial charge in [0.05, 0.1) is 0 Å². The van der Waals surface area contributed by atoms with E-state index in [9.17, 15) is 13.2 Å². The van der Waals surface area contributed by atoms with Gasteiger partial charge in [0.25, 0.3) is 5.89 Å². The van der Waals surface area contributed by atoms with Crippen molar-refractivity contribution in [1.82, 2.24) is 19.1 Å². The number of sulfonamides is 1. The third-order valence-electron chi connectivity index (χ3n) is 4.98. The van der Waals surface area contributed by atoms with Crippen LogP contribution in [0.4, 0.5) is 0 Å². The van der Waals surface area contributed by atoms with Crippen LogP contribution in [0.3, 0.4) is 0 Å². The minimum absolute atomic E-state index is 0.0793. The summed E-state index contributed by atoms with van der Waals surface area (Å²) in [5, 5.41) is 7.94. The summed E-state index contributed by atoms with van der Waals surface area (Å²) in [5.74, 6) is -0.194. The van der Waals surface area contributed by atoms with Crippen LogP contribution in [-0.4, -0.2) is 46.5 Å². The number of nitrogens with zero attached hydrogens (tertiary/aromatic N) is 4. The van der Waals surface area contributed by atoms with Crippen LogP contribution in [0.25, 0.3) is 11.5 Å². The van der Waals surface area contributed by atoms with Gasteiger partial charge in [-0.2, -0.15) is 4.31 Å². The Balaban J connectivity index is 1.49. The van der Waals surface area contributed by atoms with E-state index >= 15 is 0 Å². The van der Waals surface area contributed by atoms with Gasteiger partial charge in [0.15, 0.2) is 6.10 Å². The first-order valence-corrected chi connectivity index (χ1v) is 11.1. The van der Waals surface area contributed by atoms with Crippen LogP contribution in [0.2, 0.25) is 0 Å². The molecule has 1 aliphatic rings. The molecule has 3 heterocycles. The second kappa shape index (κ2) is 8.04. The van der Waals surface area contributed by atoms with Crippen LogP contribution in [0.1, 0.15) is 42.2 Å². The van der Waals surface area contributed by atoms with E-state index in [1.807, 2.05) is 30.3 Å². The smallest absolute Gasteiger partial charge is 0.355 e. The molecule has 0 aliphatic carbocycles. The van der Waals surface area contributed by atoms with Gasteiger partial charge >= 0.3 is 5.97 Å². The van der Waals surface area contributed by atoms with Crippen molar-refractivity contribution >= 4 is 16.0 Å². The molecule has 1 atom stereocenters. The van der Waals surface area contributed by atoms with E-state index in [1.165, 1.54) is 21.1 Å². The fraction of sp³-hybridized carbons (Fsp3) is 0.350. The van der Waals surface area contributed by atoms with Crippen molar-refractivity contribution in [2.45, 2.75) is 30.8 Å². The first-order valence-electron chi connectivity index (χ1n) is 9.62. The van der Waals surface area contributed by atoms with Crippen LogP contribution >= 0.6 is 0 Å². The lowest BCUT2D eigenvalue weighted by Crippen LogP contribution is -2.27. The second-order valence-corrected chi connectivity index (χ2v) is 9.08. The SMILES string of the molecule is C[C@@H](OC(=O)c1cc(S(=O)(=O)N2CCCC2)cn1C)c1nnc(-c2ccccc2)o1. The molecular formula is C20H22N4O5S. The van der Waals surface area contributed by atoms with Crippen LogP contribution in [0.15, 0.2) is 51.9 Å². The van der Waals surface area contributed by atoms with Crippen LogP contribution in [0.5, 0.6) is 0 Å². The normalized spacial score (nSPS) is 15.9. The molecule has 0 unspecified atom stereocenters. The predicted octanol–water partition coefficient (Wildman–Crippen LogP) is 2.78. The lowest BCUT2D eigenvalue weighted by molar-refractivity contribution is 0.0269. The van der Waals surface area contributed by atoms with Crippen molar-refractivity contribution in [3.63, 3.8) is 0 Å². The van der Waals surface area contributed by atoms with Crippen molar-refractivity contribution in [1.29, 1.82) is 0 Å². The number of hydrogen-bond donors (Lipinski definition) is 0. The van der Waals surface area contributed by atoms with E-state index in [0.29, 0.717) is 19.0 Å². The molecule has 1 fully saturated rings. The number of aryl methyl sites for hydroxylation is 1. The highest BCUT2D eigenvalue weighted by Crippen LogP contribution is 2.25. The Morgan fingerprint density at radius 3 is 2.57 bits per heavy atom. The van der Waals surface area contributed by atoms with Gasteiger partial charge in [0, 0.05) is 31.9 Å². The number of carbonyl (C=O) groups excluding carboxylic acids is 1. The van der Waals surface area contributed by atoms with Crippen LogP contribution < -0.4 is 0 Å². The molecule has 0 amide bonds. The predicted molar refractivity (Wildman–Crippen MR) is 107 cm³/mol. The highest BCUT2D eigenvalue weighted by molar-refractivity contribution is 7.89. The molecule has 30 heavy (non-hydrogen) atoms. The molecule has 1 aliphatic heterocycles. The van der Waals surface area contributed by atoms with E-state index < -0.39 is 22.1 Å². The molecule has 10 heteroatoms. The summed E-state index contributed by atoms with van der Waals surface area (Å²) in [6.07, 6.45) is 2.31. The van der Waals surface area contributed by atoms with Crippen molar-refractivity contribution < 1.29 is 22.4 Å². The first-order chi connectivity index (χ1) is 14.4. The lowest BCUT2D eigenvalue weighted by atomic mass is 10.2. The highest BCUT2D eigenvalue weighted by atomic mass is 32.2. The summed E-state index contributed by atoms with van der Waals surface area (Å²) < 4.78 is 39.4. The molecule has 2 aromatic heterocycles. The number of benzene rings is 1. The zero-order chi connectivity index (χ0) is 21.3. The molecule has 0 N–H and O–H groups in total. The van der Waals surface area contributed by atoms with Crippen LogP contribution in [-0.2, 0) is 21.8 Å². The van der Waals surface area contributed by atoms with E-state index in [2.05, 4.69) is 10.2 Å². The zero-order valence-electron chi connectivity index (χ0n) is 16.7. The average molecular weight is 430 g/mol. The molecule has 0 saturated carbocycles. The Labute approximate surface area is 174 Å². The van der Waals surface area contributed by atoms with Gasteiger partial charge in [-0.1, -0.05) is 18.2 Å². The van der Waals surface area contributed by atoms with Crippen LogP contribution in [0, 0.1) is 0 Å². The van der Waals surface area contributed by atoms with Gasteiger partial charge in [-0.05, 0) is 38.0 Å². The number of hydrogen-bond acceptors (Lipinski definition) is 7. The van der Waals surface area contributed by atoms with Crippen molar-refractivity contribution in [3.8, 4) is 11.5 Å². The Hall–Kier alpha value is -2.98. The number of esters is 1. The molecule has 0 spiro atoms. The number of carbonyl (C=O) groups is 1. The Kier molecular flexibility index (Phi) is 5.44. The second-order valence-electron chi connectivity index (χ2n) is 7.14. The molecule has 4 rings (SSSR count).